The smallest absolute Gasteiger partial charge is 0.333 e. The Hall–Kier alpha value is -0.870. The molecule has 4 nitrogen and oxygen atoms in total. The monoisotopic (exact) mass is 338 g/mol. The lowest BCUT2D eigenvalue weighted by molar-refractivity contribution is -0.149. The fourth-order valence-electron chi connectivity index (χ4n) is 4.58. The number of ether oxygens (including phenoxy) is 1. The molecule has 0 bridgehead atoms. The highest BCUT2D eigenvalue weighted by atomic mass is 16.5. The summed E-state index contributed by atoms with van der Waals surface area (Å²) in [5.74, 6) is 1.12. The summed E-state index contributed by atoms with van der Waals surface area (Å²) in [7, 11) is 0. The van der Waals surface area contributed by atoms with E-state index >= 15 is 0 Å². The van der Waals surface area contributed by atoms with Crippen molar-refractivity contribution in [1.29, 1.82) is 0 Å². The minimum Gasteiger partial charge on any atom is -0.459 e. The van der Waals surface area contributed by atoms with Crippen LogP contribution < -0.4 is 0 Å². The summed E-state index contributed by atoms with van der Waals surface area (Å²) < 4.78 is 5.79. The molecule has 1 atom stereocenters. The van der Waals surface area contributed by atoms with Crippen LogP contribution in [0.2, 0.25) is 0 Å². The molecule has 0 radical (unpaired) electrons. The van der Waals surface area contributed by atoms with Crippen LogP contribution in [0.15, 0.2) is 11.6 Å². The molecule has 1 unspecified atom stereocenters. The predicted molar refractivity (Wildman–Crippen MR) is 94.4 cm³/mol. The standard InChI is InChI=1S/C20H34O4/c1-4-13(2)20(23)24-14(3)19(15-5-9-17(21)10-6-15)16-7-11-18(22)12-8-16/h4,14-19,21-22H,5-12H2,1-3H3. The van der Waals surface area contributed by atoms with Crippen molar-refractivity contribution in [2.24, 2.45) is 17.8 Å². The van der Waals surface area contributed by atoms with Crippen molar-refractivity contribution < 1.29 is 19.7 Å². The van der Waals surface area contributed by atoms with Crippen molar-refractivity contribution >= 4 is 5.97 Å². The number of rotatable bonds is 5. The minimum atomic E-state index is -0.221. The van der Waals surface area contributed by atoms with Gasteiger partial charge in [0, 0.05) is 11.5 Å². The summed E-state index contributed by atoms with van der Waals surface area (Å²) in [6, 6.07) is 0. The van der Waals surface area contributed by atoms with Crippen LogP contribution in [0.25, 0.3) is 0 Å². The Morgan fingerprint density at radius 1 is 0.958 bits per heavy atom. The largest absolute Gasteiger partial charge is 0.459 e. The van der Waals surface area contributed by atoms with Gasteiger partial charge in [0.25, 0.3) is 0 Å². The molecule has 0 aliphatic heterocycles. The van der Waals surface area contributed by atoms with E-state index in [0.29, 0.717) is 23.3 Å². The molecule has 0 heterocycles. The zero-order chi connectivity index (χ0) is 17.7. The SMILES string of the molecule is CC=C(C)C(=O)OC(C)C(C1CCC(O)CC1)C1CCC(O)CC1. The molecule has 2 fully saturated rings. The van der Waals surface area contributed by atoms with Gasteiger partial charge in [0.1, 0.15) is 6.10 Å². The highest BCUT2D eigenvalue weighted by Crippen LogP contribution is 2.42. The number of carbonyl (C=O) groups is 1. The third-order valence-electron chi connectivity index (χ3n) is 6.16. The molecule has 2 N–H and O–H groups in total. The molecule has 2 aliphatic carbocycles. The number of hydrogen-bond donors (Lipinski definition) is 2. The number of esters is 1. The zero-order valence-corrected chi connectivity index (χ0v) is 15.4. The van der Waals surface area contributed by atoms with E-state index < -0.39 is 0 Å². The number of allylic oxidation sites excluding steroid dienone is 1. The number of hydrogen-bond acceptors (Lipinski definition) is 4. The van der Waals surface area contributed by atoms with Gasteiger partial charge in [-0.25, -0.2) is 4.79 Å². The molecule has 4 heteroatoms. The fourth-order valence-corrected chi connectivity index (χ4v) is 4.58. The molecule has 24 heavy (non-hydrogen) atoms. The second-order valence-corrected chi connectivity index (χ2v) is 7.80. The predicted octanol–water partition coefficient (Wildman–Crippen LogP) is 3.60. The molecular weight excluding hydrogens is 304 g/mol. The Morgan fingerprint density at radius 2 is 1.38 bits per heavy atom. The topological polar surface area (TPSA) is 66.8 Å². The summed E-state index contributed by atoms with van der Waals surface area (Å²) in [6.07, 6.45) is 8.78. The van der Waals surface area contributed by atoms with E-state index in [1.54, 1.807) is 13.0 Å². The molecule has 0 saturated heterocycles. The van der Waals surface area contributed by atoms with Crippen molar-refractivity contribution in [3.8, 4) is 0 Å². The quantitative estimate of drug-likeness (QED) is 0.594. The molecule has 2 aliphatic rings. The molecule has 2 saturated carbocycles. The van der Waals surface area contributed by atoms with E-state index in [9.17, 15) is 15.0 Å². The van der Waals surface area contributed by atoms with E-state index in [1.165, 1.54) is 0 Å². The van der Waals surface area contributed by atoms with Gasteiger partial charge in [-0.1, -0.05) is 6.08 Å². The van der Waals surface area contributed by atoms with Gasteiger partial charge in [0.2, 0.25) is 0 Å². The normalized spacial score (nSPS) is 34.5. The van der Waals surface area contributed by atoms with Crippen LogP contribution in [0.3, 0.4) is 0 Å². The first-order valence-electron chi connectivity index (χ1n) is 9.62. The van der Waals surface area contributed by atoms with Gasteiger partial charge in [-0.05, 0) is 84.0 Å². The summed E-state index contributed by atoms with van der Waals surface area (Å²) >= 11 is 0. The first kappa shape index (κ1) is 19.5. The van der Waals surface area contributed by atoms with Gasteiger partial charge < -0.3 is 14.9 Å². The van der Waals surface area contributed by atoms with E-state index in [-0.39, 0.29) is 24.3 Å². The average Bonchev–Trinajstić information content (AvgIpc) is 2.57. The van der Waals surface area contributed by atoms with Gasteiger partial charge in [-0.15, -0.1) is 0 Å². The van der Waals surface area contributed by atoms with Crippen LogP contribution in [0, 0.1) is 17.8 Å². The maximum atomic E-state index is 12.2. The van der Waals surface area contributed by atoms with Gasteiger partial charge in [0.15, 0.2) is 0 Å². The molecule has 138 valence electrons. The zero-order valence-electron chi connectivity index (χ0n) is 15.4. The Labute approximate surface area is 146 Å². The van der Waals surface area contributed by atoms with Crippen molar-refractivity contribution in [2.75, 3.05) is 0 Å². The van der Waals surface area contributed by atoms with Gasteiger partial charge in [0.05, 0.1) is 12.2 Å². The maximum Gasteiger partial charge on any atom is 0.333 e. The van der Waals surface area contributed by atoms with Crippen molar-refractivity contribution in [3.05, 3.63) is 11.6 Å². The Balaban J connectivity index is 2.08. The summed E-state index contributed by atoms with van der Waals surface area (Å²) in [6.45, 7) is 5.67. The molecule has 0 aromatic heterocycles. The van der Waals surface area contributed by atoms with E-state index in [1.807, 2.05) is 13.8 Å². The first-order chi connectivity index (χ1) is 11.4. The van der Waals surface area contributed by atoms with Crippen molar-refractivity contribution in [3.63, 3.8) is 0 Å². The van der Waals surface area contributed by atoms with Crippen molar-refractivity contribution in [1.82, 2.24) is 0 Å². The minimum absolute atomic E-state index is 0.118. The van der Waals surface area contributed by atoms with Gasteiger partial charge >= 0.3 is 5.97 Å². The van der Waals surface area contributed by atoms with Gasteiger partial charge in [-0.3, -0.25) is 0 Å². The van der Waals surface area contributed by atoms with Gasteiger partial charge in [-0.2, -0.15) is 0 Å². The lowest BCUT2D eigenvalue weighted by atomic mass is 9.67. The summed E-state index contributed by atoms with van der Waals surface area (Å²) in [5, 5.41) is 19.6. The van der Waals surface area contributed by atoms with E-state index in [2.05, 4.69) is 0 Å². The summed E-state index contributed by atoms with van der Waals surface area (Å²) in [4.78, 5) is 12.2. The average molecular weight is 338 g/mol. The van der Waals surface area contributed by atoms with E-state index in [0.717, 1.165) is 51.4 Å². The molecule has 0 amide bonds. The number of carbonyl (C=O) groups excluding carboxylic acids is 1. The number of aliphatic hydroxyl groups is 2. The Bertz CT molecular complexity index is 407. The van der Waals surface area contributed by atoms with Crippen LogP contribution in [-0.4, -0.2) is 34.5 Å². The van der Waals surface area contributed by atoms with Crippen LogP contribution in [0.1, 0.15) is 72.1 Å². The van der Waals surface area contributed by atoms with Crippen LogP contribution >= 0.6 is 0 Å². The second-order valence-electron chi connectivity index (χ2n) is 7.80. The molecule has 0 aromatic rings. The lowest BCUT2D eigenvalue weighted by Crippen LogP contribution is -2.40. The van der Waals surface area contributed by atoms with Crippen molar-refractivity contribution in [2.45, 2.75) is 90.4 Å². The highest BCUT2D eigenvalue weighted by molar-refractivity contribution is 5.87. The maximum absolute atomic E-state index is 12.2. The summed E-state index contributed by atoms with van der Waals surface area (Å²) in [5.41, 5.74) is 0.652. The molecule has 0 aromatic carbocycles. The third-order valence-corrected chi connectivity index (χ3v) is 6.16. The Kier molecular flexibility index (Phi) is 7.30. The number of aliphatic hydroxyl groups excluding tert-OH is 2. The van der Waals surface area contributed by atoms with Crippen LogP contribution in [-0.2, 0) is 9.53 Å². The first-order valence-corrected chi connectivity index (χ1v) is 9.62. The van der Waals surface area contributed by atoms with Crippen LogP contribution in [0.5, 0.6) is 0 Å². The fraction of sp³-hybridized carbons (Fsp3) is 0.850. The molecule has 2 rings (SSSR count). The third kappa shape index (κ3) is 5.06. The van der Waals surface area contributed by atoms with E-state index in [4.69, 9.17) is 4.74 Å². The Morgan fingerprint density at radius 3 is 1.75 bits per heavy atom. The molecule has 0 spiro atoms. The second kappa shape index (κ2) is 9.00. The van der Waals surface area contributed by atoms with Crippen LogP contribution in [0.4, 0.5) is 0 Å². The lowest BCUT2D eigenvalue weighted by Gasteiger charge is -2.42. The molecular formula is C20H34O4. The highest BCUT2D eigenvalue weighted by Gasteiger charge is 2.38.